The quantitative estimate of drug-likeness (QED) is 0.244. The van der Waals surface area contributed by atoms with E-state index < -0.39 is 12.2 Å². The monoisotopic (exact) mass is 509 g/mol. The van der Waals surface area contributed by atoms with E-state index in [1.807, 2.05) is 18.2 Å². The fourth-order valence-electron chi connectivity index (χ4n) is 3.39. The number of ether oxygens (including phenoxy) is 4. The van der Waals surface area contributed by atoms with Crippen LogP contribution in [0.25, 0.3) is 0 Å². The van der Waals surface area contributed by atoms with Crippen LogP contribution < -0.4 is 20.1 Å². The van der Waals surface area contributed by atoms with Gasteiger partial charge in [-0.05, 0) is 37.3 Å². The first kappa shape index (κ1) is 31.4. The molecule has 0 aliphatic carbocycles. The number of nitrogens with one attached hydrogen (secondary N) is 2. The van der Waals surface area contributed by atoms with Crippen LogP contribution in [0.3, 0.4) is 0 Å². The molecule has 206 valence electrons. The van der Waals surface area contributed by atoms with Gasteiger partial charge in [-0.15, -0.1) is 0 Å². The van der Waals surface area contributed by atoms with E-state index in [-0.39, 0.29) is 13.2 Å². The lowest BCUT2D eigenvalue weighted by molar-refractivity contribution is 0.107. The summed E-state index contributed by atoms with van der Waals surface area (Å²) in [5.74, 6) is 1.49. The van der Waals surface area contributed by atoms with E-state index in [1.54, 1.807) is 7.11 Å². The number of rotatable bonds is 20. The molecule has 9 heteroatoms. The van der Waals surface area contributed by atoms with Gasteiger partial charge in [-0.3, -0.25) is 4.90 Å². The summed E-state index contributed by atoms with van der Waals surface area (Å²) in [6.07, 6.45) is 5.77. The van der Waals surface area contributed by atoms with Crippen LogP contribution in [0.4, 0.5) is 9.59 Å². The predicted molar refractivity (Wildman–Crippen MR) is 142 cm³/mol. The fourth-order valence-corrected chi connectivity index (χ4v) is 3.39. The molecule has 9 nitrogen and oxygen atoms in total. The Hall–Kier alpha value is -2.68. The fraction of sp³-hybridized carbons (Fsp3) is 0.704. The number of carbonyl (C=O) groups excluding carboxylic acids is 2. The van der Waals surface area contributed by atoms with Crippen molar-refractivity contribution < 1.29 is 28.5 Å². The number of benzene rings is 1. The Bertz CT molecular complexity index is 703. The summed E-state index contributed by atoms with van der Waals surface area (Å²) in [7, 11) is 1.64. The van der Waals surface area contributed by atoms with Crippen molar-refractivity contribution in [1.29, 1.82) is 0 Å². The molecule has 0 heterocycles. The molecule has 1 aromatic rings. The molecule has 0 aliphatic heterocycles. The van der Waals surface area contributed by atoms with Crippen molar-refractivity contribution in [3.05, 3.63) is 23.8 Å². The number of hydrogen-bond donors (Lipinski definition) is 2. The second-order valence-corrected chi connectivity index (χ2v) is 8.57. The van der Waals surface area contributed by atoms with Crippen LogP contribution in [0.2, 0.25) is 0 Å². The van der Waals surface area contributed by atoms with Gasteiger partial charge in [0.15, 0.2) is 11.5 Å². The van der Waals surface area contributed by atoms with Gasteiger partial charge >= 0.3 is 12.2 Å². The van der Waals surface area contributed by atoms with Crippen molar-refractivity contribution in [3.63, 3.8) is 0 Å². The van der Waals surface area contributed by atoms with E-state index in [0.29, 0.717) is 51.5 Å². The molecule has 2 amide bonds. The molecule has 0 saturated heterocycles. The van der Waals surface area contributed by atoms with E-state index in [2.05, 4.69) is 36.3 Å². The number of carbonyl (C=O) groups is 2. The molecule has 1 aromatic carbocycles. The number of nitrogens with zero attached hydrogens (tertiary/aromatic N) is 1. The number of unbranched alkanes of at least 4 members (excludes halogenated alkanes) is 3. The van der Waals surface area contributed by atoms with Crippen molar-refractivity contribution in [1.82, 2.24) is 15.5 Å². The molecule has 0 aliphatic rings. The van der Waals surface area contributed by atoms with Gasteiger partial charge in [-0.2, -0.15) is 0 Å². The zero-order chi connectivity index (χ0) is 26.4. The van der Waals surface area contributed by atoms with Gasteiger partial charge in [0.05, 0.1) is 13.7 Å². The molecule has 1 rings (SSSR count). The van der Waals surface area contributed by atoms with E-state index in [1.165, 1.54) is 0 Å². The highest BCUT2D eigenvalue weighted by molar-refractivity contribution is 5.67. The summed E-state index contributed by atoms with van der Waals surface area (Å²) < 4.78 is 22.2. The van der Waals surface area contributed by atoms with Gasteiger partial charge in [0.25, 0.3) is 0 Å². The summed E-state index contributed by atoms with van der Waals surface area (Å²) in [6, 6.07) is 5.90. The Kier molecular flexibility index (Phi) is 17.9. The molecule has 0 aromatic heterocycles. The smallest absolute Gasteiger partial charge is 0.407 e. The number of methoxy groups -OCH3 is 1. The summed E-state index contributed by atoms with van der Waals surface area (Å²) in [6.45, 7) is 10.3. The van der Waals surface area contributed by atoms with Gasteiger partial charge in [-0.1, -0.05) is 52.2 Å². The second kappa shape index (κ2) is 20.5. The van der Waals surface area contributed by atoms with Crippen LogP contribution in [-0.4, -0.2) is 76.7 Å². The average molecular weight is 510 g/mol. The van der Waals surface area contributed by atoms with Crippen molar-refractivity contribution in [2.24, 2.45) is 0 Å². The third-order valence-electron chi connectivity index (χ3n) is 5.60. The summed E-state index contributed by atoms with van der Waals surface area (Å²) in [4.78, 5) is 25.9. The molecule has 0 atom stereocenters. The molecule has 0 bridgehead atoms. The SMILES string of the molecule is CCCCNC(=O)OCCN(CCOC(=O)NCCCC)CCc1cccc(OC)c1OCCCC. The van der Waals surface area contributed by atoms with E-state index in [9.17, 15) is 9.59 Å². The van der Waals surface area contributed by atoms with E-state index in [0.717, 1.165) is 49.8 Å². The van der Waals surface area contributed by atoms with Gasteiger partial charge < -0.3 is 29.6 Å². The van der Waals surface area contributed by atoms with Crippen molar-refractivity contribution in [3.8, 4) is 11.5 Å². The molecular weight excluding hydrogens is 462 g/mol. The third-order valence-corrected chi connectivity index (χ3v) is 5.60. The number of para-hydroxylation sites is 1. The van der Waals surface area contributed by atoms with Crippen LogP contribution >= 0.6 is 0 Å². The normalized spacial score (nSPS) is 10.7. The number of alkyl carbamates (subject to hydrolysis) is 2. The highest BCUT2D eigenvalue weighted by atomic mass is 16.6. The lowest BCUT2D eigenvalue weighted by Crippen LogP contribution is -2.36. The van der Waals surface area contributed by atoms with Gasteiger partial charge in [0.1, 0.15) is 13.2 Å². The van der Waals surface area contributed by atoms with Crippen LogP contribution in [0.1, 0.15) is 64.9 Å². The average Bonchev–Trinajstić information content (AvgIpc) is 2.87. The maximum atomic E-state index is 11.9. The summed E-state index contributed by atoms with van der Waals surface area (Å²) >= 11 is 0. The number of hydrogen-bond acceptors (Lipinski definition) is 7. The largest absolute Gasteiger partial charge is 0.493 e. The Morgan fingerprint density at radius 3 is 1.92 bits per heavy atom. The lowest BCUT2D eigenvalue weighted by atomic mass is 10.1. The van der Waals surface area contributed by atoms with Crippen LogP contribution in [0.5, 0.6) is 11.5 Å². The molecule has 36 heavy (non-hydrogen) atoms. The lowest BCUT2D eigenvalue weighted by Gasteiger charge is -2.23. The zero-order valence-corrected chi connectivity index (χ0v) is 22.7. The Labute approximate surface area is 217 Å². The van der Waals surface area contributed by atoms with E-state index >= 15 is 0 Å². The Morgan fingerprint density at radius 1 is 0.806 bits per heavy atom. The van der Waals surface area contributed by atoms with Gasteiger partial charge in [0, 0.05) is 32.7 Å². The first-order chi connectivity index (χ1) is 17.5. The molecular formula is C27H47N3O6. The minimum absolute atomic E-state index is 0.249. The first-order valence-electron chi connectivity index (χ1n) is 13.4. The topological polar surface area (TPSA) is 98.4 Å². The zero-order valence-electron chi connectivity index (χ0n) is 22.7. The highest BCUT2D eigenvalue weighted by Gasteiger charge is 2.14. The standard InChI is InChI=1S/C27H47N3O6/c1-5-8-15-28-26(31)35-21-18-30(19-22-36-27(32)29-16-9-6-2)17-14-23-12-11-13-24(33-4)25(23)34-20-10-7-3/h11-13H,5-10,14-22H2,1-4H3,(H,28,31)(H,29,32). The summed E-state index contributed by atoms with van der Waals surface area (Å²) in [5.41, 5.74) is 1.05. The maximum absolute atomic E-state index is 11.9. The highest BCUT2D eigenvalue weighted by Crippen LogP contribution is 2.31. The Morgan fingerprint density at radius 2 is 1.39 bits per heavy atom. The van der Waals surface area contributed by atoms with Crippen molar-refractivity contribution in [2.75, 3.05) is 59.7 Å². The molecule has 2 N–H and O–H groups in total. The van der Waals surface area contributed by atoms with E-state index in [4.69, 9.17) is 18.9 Å². The minimum Gasteiger partial charge on any atom is -0.493 e. The molecule has 0 fully saturated rings. The number of amides is 2. The Balaban J connectivity index is 2.69. The van der Waals surface area contributed by atoms with Gasteiger partial charge in [0.2, 0.25) is 0 Å². The van der Waals surface area contributed by atoms with Crippen LogP contribution in [-0.2, 0) is 15.9 Å². The van der Waals surface area contributed by atoms with Crippen molar-refractivity contribution in [2.45, 2.75) is 65.7 Å². The first-order valence-corrected chi connectivity index (χ1v) is 13.4. The van der Waals surface area contributed by atoms with Crippen molar-refractivity contribution >= 4 is 12.2 Å². The predicted octanol–water partition coefficient (Wildman–Crippen LogP) is 4.77. The third kappa shape index (κ3) is 14.0. The van der Waals surface area contributed by atoms with Crippen LogP contribution in [0.15, 0.2) is 18.2 Å². The van der Waals surface area contributed by atoms with Crippen LogP contribution in [0, 0.1) is 0 Å². The molecule has 0 saturated carbocycles. The molecule has 0 spiro atoms. The summed E-state index contributed by atoms with van der Waals surface area (Å²) in [5, 5.41) is 5.51. The minimum atomic E-state index is -0.408. The maximum Gasteiger partial charge on any atom is 0.407 e. The molecule has 0 radical (unpaired) electrons. The second-order valence-electron chi connectivity index (χ2n) is 8.57. The molecule has 0 unspecified atom stereocenters. The van der Waals surface area contributed by atoms with Gasteiger partial charge in [-0.25, -0.2) is 9.59 Å².